The van der Waals surface area contributed by atoms with E-state index in [-0.39, 0.29) is 11.3 Å². The van der Waals surface area contributed by atoms with E-state index in [1.807, 2.05) is 0 Å². The number of unbranched alkanes of at least 4 members (excludes halogenated alkanes) is 1. The molecule has 2 aliphatic heterocycles. The second-order valence-electron chi connectivity index (χ2n) is 9.28. The molecule has 0 spiro atoms. The Labute approximate surface area is 223 Å². The summed E-state index contributed by atoms with van der Waals surface area (Å²) in [6, 6.07) is 11.3. The monoisotopic (exact) mass is 524 g/mol. The Bertz CT molecular complexity index is 1160. The van der Waals surface area contributed by atoms with Gasteiger partial charge in [0.2, 0.25) is 0 Å². The van der Waals surface area contributed by atoms with E-state index >= 15 is 0 Å². The Hall–Kier alpha value is -3.56. The molecule has 2 aromatic rings. The summed E-state index contributed by atoms with van der Waals surface area (Å²) in [7, 11) is 3.08. The van der Waals surface area contributed by atoms with Crippen molar-refractivity contribution in [2.45, 2.75) is 25.8 Å². The molecule has 1 atom stereocenters. The van der Waals surface area contributed by atoms with Crippen molar-refractivity contribution in [3.63, 3.8) is 0 Å². The minimum absolute atomic E-state index is 0.0168. The van der Waals surface area contributed by atoms with E-state index in [1.54, 1.807) is 49.6 Å². The minimum atomic E-state index is -0.846. The first-order chi connectivity index (χ1) is 18.5. The number of likely N-dealkylation sites (tertiary alicyclic amines) is 1. The van der Waals surface area contributed by atoms with Gasteiger partial charge >= 0.3 is 0 Å². The van der Waals surface area contributed by atoms with E-state index in [9.17, 15) is 14.7 Å². The zero-order valence-corrected chi connectivity index (χ0v) is 22.3. The number of nitrogens with zero attached hydrogens (tertiary/aromatic N) is 2. The van der Waals surface area contributed by atoms with Crippen molar-refractivity contribution in [3.05, 3.63) is 59.2 Å². The first kappa shape index (κ1) is 27.5. The molecule has 2 aliphatic rings. The van der Waals surface area contributed by atoms with E-state index in [2.05, 4.69) is 11.8 Å². The number of ketones is 1. The van der Waals surface area contributed by atoms with Crippen LogP contribution in [0.15, 0.2) is 48.0 Å². The number of benzene rings is 2. The Morgan fingerprint density at radius 1 is 1.00 bits per heavy atom. The van der Waals surface area contributed by atoms with Crippen molar-refractivity contribution < 1.29 is 33.6 Å². The molecule has 2 fully saturated rings. The van der Waals surface area contributed by atoms with Crippen molar-refractivity contribution in [1.82, 2.24) is 9.80 Å². The Balaban J connectivity index is 1.74. The molecule has 1 amide bonds. The largest absolute Gasteiger partial charge is 0.507 e. The molecule has 0 radical (unpaired) electrons. The third-order valence-electron chi connectivity index (χ3n) is 6.93. The molecule has 1 unspecified atom stereocenters. The van der Waals surface area contributed by atoms with Gasteiger partial charge in [0.15, 0.2) is 0 Å². The van der Waals surface area contributed by atoms with E-state index in [1.165, 1.54) is 12.0 Å². The van der Waals surface area contributed by atoms with Crippen molar-refractivity contribution in [2.75, 3.05) is 60.2 Å². The van der Waals surface area contributed by atoms with Gasteiger partial charge in [0.05, 0.1) is 45.7 Å². The lowest BCUT2D eigenvalue weighted by molar-refractivity contribution is -0.140. The van der Waals surface area contributed by atoms with Crippen LogP contribution in [0.3, 0.4) is 0 Å². The molecule has 4 rings (SSSR count). The van der Waals surface area contributed by atoms with Crippen LogP contribution < -0.4 is 14.2 Å². The number of hydrogen-bond donors (Lipinski definition) is 1. The fourth-order valence-electron chi connectivity index (χ4n) is 4.76. The molecule has 1 N–H and O–H groups in total. The predicted octanol–water partition coefficient (Wildman–Crippen LogP) is 3.64. The zero-order valence-electron chi connectivity index (χ0n) is 22.3. The van der Waals surface area contributed by atoms with Gasteiger partial charge < -0.3 is 29.0 Å². The molecular weight excluding hydrogens is 488 g/mol. The quantitative estimate of drug-likeness (QED) is 0.206. The number of carbonyl (C=O) groups is 2. The number of aliphatic hydroxyl groups excluding tert-OH is 1. The maximum absolute atomic E-state index is 13.4. The number of aliphatic hydroxyl groups is 1. The number of amides is 1. The number of carbonyl (C=O) groups excluding carboxylic acids is 2. The normalized spacial score (nSPS) is 19.6. The average molecular weight is 525 g/mol. The molecular formula is C29H36N2O7. The fraction of sp³-hybridized carbons (Fsp3) is 0.448. The predicted molar refractivity (Wildman–Crippen MR) is 143 cm³/mol. The maximum Gasteiger partial charge on any atom is 0.295 e. The van der Waals surface area contributed by atoms with Crippen molar-refractivity contribution in [2.24, 2.45) is 0 Å². The van der Waals surface area contributed by atoms with Crippen LogP contribution in [-0.4, -0.2) is 86.8 Å². The number of ether oxygens (including phenoxy) is 4. The number of morpholine rings is 1. The van der Waals surface area contributed by atoms with Crippen molar-refractivity contribution >= 4 is 17.4 Å². The molecule has 0 saturated carbocycles. The zero-order chi connectivity index (χ0) is 27.1. The highest BCUT2D eigenvalue weighted by molar-refractivity contribution is 6.46. The van der Waals surface area contributed by atoms with Crippen molar-refractivity contribution in [1.29, 1.82) is 0 Å². The summed E-state index contributed by atoms with van der Waals surface area (Å²) in [4.78, 5) is 30.5. The van der Waals surface area contributed by atoms with Gasteiger partial charge in [-0.2, -0.15) is 0 Å². The van der Waals surface area contributed by atoms with E-state index in [0.717, 1.165) is 25.9 Å². The molecule has 2 saturated heterocycles. The highest BCUT2D eigenvalue weighted by Gasteiger charge is 2.47. The first-order valence-electron chi connectivity index (χ1n) is 13.0. The van der Waals surface area contributed by atoms with Crippen LogP contribution in [-0.2, 0) is 14.3 Å². The second-order valence-corrected chi connectivity index (χ2v) is 9.28. The topological polar surface area (TPSA) is 97.8 Å². The Morgan fingerprint density at radius 2 is 1.71 bits per heavy atom. The van der Waals surface area contributed by atoms with Crippen LogP contribution in [0.5, 0.6) is 17.2 Å². The number of rotatable bonds is 11. The SMILES string of the molecule is CCCCOc1ccc(/C(O)=C2\C(=O)C(=O)N(CCN3CCOCC3)C2c2cc(OC)ccc2OC)cc1. The lowest BCUT2D eigenvalue weighted by Gasteiger charge is -2.31. The van der Waals surface area contributed by atoms with Crippen LogP contribution in [0.25, 0.3) is 5.76 Å². The van der Waals surface area contributed by atoms with E-state index in [0.29, 0.717) is 61.3 Å². The molecule has 9 heteroatoms. The van der Waals surface area contributed by atoms with Crippen LogP contribution >= 0.6 is 0 Å². The number of Topliss-reactive ketones (excluding diaryl/α,β-unsaturated/α-hetero) is 1. The lowest BCUT2D eigenvalue weighted by atomic mass is 9.94. The fourth-order valence-corrected chi connectivity index (χ4v) is 4.76. The van der Waals surface area contributed by atoms with Gasteiger partial charge in [-0.05, 0) is 48.9 Å². The summed E-state index contributed by atoms with van der Waals surface area (Å²) >= 11 is 0. The summed E-state index contributed by atoms with van der Waals surface area (Å²) in [6.45, 7) is 6.33. The van der Waals surface area contributed by atoms with Crippen LogP contribution in [0, 0.1) is 0 Å². The van der Waals surface area contributed by atoms with Crippen LogP contribution in [0.4, 0.5) is 0 Å². The third kappa shape index (κ3) is 5.95. The third-order valence-corrected chi connectivity index (χ3v) is 6.93. The van der Waals surface area contributed by atoms with Gasteiger partial charge in [0.25, 0.3) is 11.7 Å². The highest BCUT2D eigenvalue weighted by Crippen LogP contribution is 2.43. The Kier molecular flexibility index (Phi) is 9.25. The molecule has 204 valence electrons. The van der Waals surface area contributed by atoms with Crippen LogP contribution in [0.1, 0.15) is 36.9 Å². The summed E-state index contributed by atoms with van der Waals surface area (Å²) in [5, 5.41) is 11.4. The van der Waals surface area contributed by atoms with Crippen LogP contribution in [0.2, 0.25) is 0 Å². The van der Waals surface area contributed by atoms with Gasteiger partial charge in [-0.3, -0.25) is 14.5 Å². The summed E-state index contributed by atoms with van der Waals surface area (Å²) < 4.78 is 22.2. The highest BCUT2D eigenvalue weighted by atomic mass is 16.5. The minimum Gasteiger partial charge on any atom is -0.507 e. The summed E-state index contributed by atoms with van der Waals surface area (Å²) in [5.41, 5.74) is 1.00. The molecule has 0 aliphatic carbocycles. The number of methoxy groups -OCH3 is 2. The lowest BCUT2D eigenvalue weighted by Crippen LogP contribution is -2.42. The number of hydrogen-bond acceptors (Lipinski definition) is 8. The molecule has 2 aromatic carbocycles. The van der Waals surface area contributed by atoms with Gasteiger partial charge in [0.1, 0.15) is 23.0 Å². The van der Waals surface area contributed by atoms with Gasteiger partial charge in [-0.25, -0.2) is 0 Å². The summed E-state index contributed by atoms with van der Waals surface area (Å²) in [6.07, 6.45) is 1.97. The first-order valence-corrected chi connectivity index (χ1v) is 13.0. The Morgan fingerprint density at radius 3 is 2.37 bits per heavy atom. The molecule has 9 nitrogen and oxygen atoms in total. The van der Waals surface area contributed by atoms with Crippen molar-refractivity contribution in [3.8, 4) is 17.2 Å². The smallest absolute Gasteiger partial charge is 0.295 e. The molecule has 0 aromatic heterocycles. The molecule has 0 bridgehead atoms. The standard InChI is InChI=1S/C29H36N2O7/c1-4-5-16-38-21-8-6-20(7-9-21)27(32)25-26(23-19-22(35-2)10-11-24(23)36-3)31(29(34)28(25)33)13-12-30-14-17-37-18-15-30/h6-11,19,26,32H,4-5,12-18H2,1-3H3/b27-25+. The summed E-state index contributed by atoms with van der Waals surface area (Å²) in [5.74, 6) is 0.0730. The molecule has 38 heavy (non-hydrogen) atoms. The van der Waals surface area contributed by atoms with Gasteiger partial charge in [-0.1, -0.05) is 13.3 Å². The average Bonchev–Trinajstić information content (AvgIpc) is 3.21. The van der Waals surface area contributed by atoms with E-state index in [4.69, 9.17) is 18.9 Å². The maximum atomic E-state index is 13.4. The second kappa shape index (κ2) is 12.8. The van der Waals surface area contributed by atoms with Gasteiger partial charge in [0, 0.05) is 37.3 Å². The molecule has 2 heterocycles. The van der Waals surface area contributed by atoms with E-state index < -0.39 is 17.7 Å². The van der Waals surface area contributed by atoms with Gasteiger partial charge in [-0.15, -0.1) is 0 Å².